The van der Waals surface area contributed by atoms with E-state index in [-0.39, 0.29) is 18.9 Å². The van der Waals surface area contributed by atoms with Gasteiger partial charge in [0.05, 0.1) is 19.0 Å². The highest BCUT2D eigenvalue weighted by Gasteiger charge is 2.18. The summed E-state index contributed by atoms with van der Waals surface area (Å²) in [6.45, 7) is 0.411. The third kappa shape index (κ3) is 3.23. The highest BCUT2D eigenvalue weighted by molar-refractivity contribution is 9.10. The summed E-state index contributed by atoms with van der Waals surface area (Å²) in [4.78, 5) is 0. The number of benzene rings is 1. The lowest BCUT2D eigenvalue weighted by atomic mass is 10.1. The number of sulfonamides is 1. The molecule has 0 radical (unpaired) electrons. The SMILES string of the molecule is O=S(=O)(CCO)NCc1cc(Br)cc2c1OCC2. The molecular formula is C11H14BrNO4S. The van der Waals surface area contributed by atoms with Crippen LogP contribution in [0.3, 0.4) is 0 Å². The number of hydrogen-bond donors (Lipinski definition) is 2. The fraction of sp³-hybridized carbons (Fsp3) is 0.455. The van der Waals surface area contributed by atoms with Crippen LogP contribution >= 0.6 is 15.9 Å². The molecule has 1 aromatic rings. The summed E-state index contributed by atoms with van der Waals surface area (Å²) in [6.07, 6.45) is 0.838. The van der Waals surface area contributed by atoms with Crippen molar-refractivity contribution in [2.75, 3.05) is 19.0 Å². The van der Waals surface area contributed by atoms with Crippen molar-refractivity contribution in [1.29, 1.82) is 0 Å². The van der Waals surface area contributed by atoms with Crippen LogP contribution in [0.25, 0.3) is 0 Å². The van der Waals surface area contributed by atoms with E-state index >= 15 is 0 Å². The van der Waals surface area contributed by atoms with Crippen molar-refractivity contribution < 1.29 is 18.3 Å². The number of halogens is 1. The van der Waals surface area contributed by atoms with Gasteiger partial charge >= 0.3 is 0 Å². The Balaban J connectivity index is 2.15. The van der Waals surface area contributed by atoms with Crippen molar-refractivity contribution >= 4 is 26.0 Å². The number of aliphatic hydroxyl groups is 1. The summed E-state index contributed by atoms with van der Waals surface area (Å²) in [6, 6.07) is 3.82. The van der Waals surface area contributed by atoms with Crippen molar-refractivity contribution in [2.45, 2.75) is 13.0 Å². The first kappa shape index (κ1) is 13.8. The zero-order valence-corrected chi connectivity index (χ0v) is 12.1. The van der Waals surface area contributed by atoms with Gasteiger partial charge in [0.25, 0.3) is 0 Å². The van der Waals surface area contributed by atoms with Crippen LogP contribution in [0.2, 0.25) is 0 Å². The van der Waals surface area contributed by atoms with Crippen LogP contribution in [0, 0.1) is 0 Å². The predicted molar refractivity (Wildman–Crippen MR) is 71.1 cm³/mol. The molecule has 0 bridgehead atoms. The molecule has 1 aromatic carbocycles. The minimum atomic E-state index is -3.43. The predicted octanol–water partition coefficient (Wildman–Crippen LogP) is 0.796. The minimum Gasteiger partial charge on any atom is -0.493 e. The lowest BCUT2D eigenvalue weighted by Gasteiger charge is -2.10. The number of hydrogen-bond acceptors (Lipinski definition) is 4. The van der Waals surface area contributed by atoms with Crippen molar-refractivity contribution in [3.05, 3.63) is 27.7 Å². The second kappa shape index (κ2) is 5.56. The third-order valence-electron chi connectivity index (χ3n) is 2.67. The molecule has 0 spiro atoms. The van der Waals surface area contributed by atoms with Gasteiger partial charge in [0, 0.05) is 23.0 Å². The molecule has 0 atom stereocenters. The van der Waals surface area contributed by atoms with E-state index in [2.05, 4.69) is 20.7 Å². The monoisotopic (exact) mass is 335 g/mol. The Morgan fingerprint density at radius 1 is 1.44 bits per heavy atom. The zero-order chi connectivity index (χ0) is 13.2. The number of rotatable bonds is 5. The standard InChI is InChI=1S/C11H14BrNO4S/c12-10-5-8-1-3-17-11(8)9(6-10)7-13-18(15,16)4-2-14/h5-6,13-14H,1-4,7H2. The third-order valence-corrected chi connectivity index (χ3v) is 4.43. The van der Waals surface area contributed by atoms with Gasteiger partial charge in [-0.05, 0) is 17.7 Å². The molecule has 0 amide bonds. The summed E-state index contributed by atoms with van der Waals surface area (Å²) in [5.74, 6) is 0.481. The lowest BCUT2D eigenvalue weighted by Crippen LogP contribution is -2.27. The van der Waals surface area contributed by atoms with E-state index in [1.807, 2.05) is 12.1 Å². The molecule has 2 rings (SSSR count). The van der Waals surface area contributed by atoms with Crippen LogP contribution in [-0.2, 0) is 23.0 Å². The van der Waals surface area contributed by atoms with Gasteiger partial charge in [0.1, 0.15) is 5.75 Å². The first-order chi connectivity index (χ1) is 8.52. The highest BCUT2D eigenvalue weighted by atomic mass is 79.9. The van der Waals surface area contributed by atoms with Gasteiger partial charge in [-0.25, -0.2) is 13.1 Å². The quantitative estimate of drug-likeness (QED) is 0.834. The molecule has 0 saturated carbocycles. The molecule has 5 nitrogen and oxygen atoms in total. The van der Waals surface area contributed by atoms with E-state index in [9.17, 15) is 8.42 Å². The van der Waals surface area contributed by atoms with Gasteiger partial charge in [-0.2, -0.15) is 0 Å². The van der Waals surface area contributed by atoms with E-state index in [0.717, 1.165) is 27.8 Å². The fourth-order valence-corrected chi connectivity index (χ4v) is 3.17. The van der Waals surface area contributed by atoms with Crippen LogP contribution in [0.15, 0.2) is 16.6 Å². The Labute approximate surface area is 114 Å². The number of nitrogens with one attached hydrogen (secondary N) is 1. The zero-order valence-electron chi connectivity index (χ0n) is 9.65. The Bertz CT molecular complexity index is 544. The van der Waals surface area contributed by atoms with E-state index in [0.29, 0.717) is 6.61 Å². The molecule has 0 saturated heterocycles. The summed E-state index contributed by atoms with van der Waals surface area (Å²) in [7, 11) is -3.43. The Morgan fingerprint density at radius 2 is 2.22 bits per heavy atom. The van der Waals surface area contributed by atoms with E-state index in [1.54, 1.807) is 0 Å². The van der Waals surface area contributed by atoms with Crippen LogP contribution in [0.5, 0.6) is 5.75 Å². The van der Waals surface area contributed by atoms with Crippen molar-refractivity contribution in [1.82, 2.24) is 4.72 Å². The second-order valence-corrected chi connectivity index (χ2v) is 6.86. The molecule has 100 valence electrons. The molecule has 7 heteroatoms. The number of ether oxygens (including phenoxy) is 1. The smallest absolute Gasteiger partial charge is 0.214 e. The normalized spacial score (nSPS) is 14.3. The fourth-order valence-electron chi connectivity index (χ4n) is 1.86. The highest BCUT2D eigenvalue weighted by Crippen LogP contribution is 2.32. The maximum absolute atomic E-state index is 11.5. The molecule has 1 aliphatic rings. The maximum Gasteiger partial charge on any atom is 0.214 e. The van der Waals surface area contributed by atoms with E-state index < -0.39 is 10.0 Å². The van der Waals surface area contributed by atoms with E-state index in [1.165, 1.54) is 0 Å². The molecular weight excluding hydrogens is 322 g/mol. The molecule has 0 aromatic heterocycles. The van der Waals surface area contributed by atoms with Crippen molar-refractivity contribution in [3.8, 4) is 5.75 Å². The molecule has 1 aliphatic heterocycles. The van der Waals surface area contributed by atoms with Gasteiger partial charge in [0.2, 0.25) is 10.0 Å². The first-order valence-electron chi connectivity index (χ1n) is 5.54. The largest absolute Gasteiger partial charge is 0.493 e. The van der Waals surface area contributed by atoms with Gasteiger partial charge in [-0.15, -0.1) is 0 Å². The molecule has 18 heavy (non-hydrogen) atoms. The summed E-state index contributed by atoms with van der Waals surface area (Å²) in [5.41, 5.74) is 1.89. The average molecular weight is 336 g/mol. The maximum atomic E-state index is 11.5. The average Bonchev–Trinajstić information content (AvgIpc) is 2.73. The number of fused-ring (bicyclic) bond motifs is 1. The Morgan fingerprint density at radius 3 is 2.94 bits per heavy atom. The van der Waals surface area contributed by atoms with Crippen LogP contribution < -0.4 is 9.46 Å². The summed E-state index contributed by atoms with van der Waals surface area (Å²) in [5, 5.41) is 8.65. The first-order valence-corrected chi connectivity index (χ1v) is 7.98. The molecule has 0 unspecified atom stereocenters. The number of aliphatic hydroxyl groups excluding tert-OH is 1. The van der Waals surface area contributed by atoms with Crippen LogP contribution in [0.1, 0.15) is 11.1 Å². The summed E-state index contributed by atoms with van der Waals surface area (Å²) >= 11 is 3.39. The second-order valence-electron chi connectivity index (χ2n) is 4.02. The molecule has 0 fully saturated rings. The molecule has 2 N–H and O–H groups in total. The van der Waals surface area contributed by atoms with Gasteiger partial charge < -0.3 is 9.84 Å². The van der Waals surface area contributed by atoms with Crippen molar-refractivity contribution in [3.63, 3.8) is 0 Å². The van der Waals surface area contributed by atoms with Gasteiger partial charge in [-0.1, -0.05) is 15.9 Å². The summed E-state index contributed by atoms with van der Waals surface area (Å²) < 4.78 is 31.8. The van der Waals surface area contributed by atoms with Gasteiger partial charge in [0.15, 0.2) is 0 Å². The molecule has 0 aliphatic carbocycles. The van der Waals surface area contributed by atoms with E-state index in [4.69, 9.17) is 9.84 Å². The van der Waals surface area contributed by atoms with Crippen molar-refractivity contribution in [2.24, 2.45) is 0 Å². The van der Waals surface area contributed by atoms with Crippen LogP contribution in [-0.4, -0.2) is 32.5 Å². The minimum absolute atomic E-state index is 0.171. The Hall–Kier alpha value is -0.630. The lowest BCUT2D eigenvalue weighted by molar-refractivity contribution is 0.319. The van der Waals surface area contributed by atoms with Gasteiger partial charge in [-0.3, -0.25) is 0 Å². The topological polar surface area (TPSA) is 75.6 Å². The van der Waals surface area contributed by atoms with Crippen LogP contribution in [0.4, 0.5) is 0 Å². The Kier molecular flexibility index (Phi) is 4.26. The molecule has 1 heterocycles.